The zero-order chi connectivity index (χ0) is 10.8. The van der Waals surface area contributed by atoms with Crippen molar-refractivity contribution in [2.24, 2.45) is 0 Å². The maximum absolute atomic E-state index is 10.3. The highest BCUT2D eigenvalue weighted by atomic mass is 32.2. The van der Waals surface area contributed by atoms with Crippen LogP contribution in [0.25, 0.3) is 0 Å². The van der Waals surface area contributed by atoms with Crippen LogP contribution in [0.3, 0.4) is 0 Å². The molecule has 1 aliphatic rings. The molecule has 5 heteroatoms. The van der Waals surface area contributed by atoms with Crippen molar-refractivity contribution in [2.45, 2.75) is 25.7 Å². The molecule has 1 heterocycles. The van der Waals surface area contributed by atoms with Crippen molar-refractivity contribution in [2.75, 3.05) is 18.6 Å². The molecule has 1 rings (SSSR count). The third kappa shape index (κ3) is 8.44. The Morgan fingerprint density at radius 2 is 2.36 bits per heavy atom. The molecule has 0 aromatic carbocycles. The maximum atomic E-state index is 10.3. The third-order valence-electron chi connectivity index (χ3n) is 1.55. The van der Waals surface area contributed by atoms with Gasteiger partial charge in [-0.3, -0.25) is 9.59 Å². The molecule has 82 valence electrons. The van der Waals surface area contributed by atoms with Gasteiger partial charge in [0.25, 0.3) is 0 Å². The normalized spacial score (nSPS) is 14.6. The highest BCUT2D eigenvalue weighted by Crippen LogP contribution is 2.17. The van der Waals surface area contributed by atoms with Gasteiger partial charge in [-0.1, -0.05) is 11.8 Å². The molecule has 1 aliphatic heterocycles. The van der Waals surface area contributed by atoms with E-state index >= 15 is 0 Å². The van der Waals surface area contributed by atoms with Gasteiger partial charge in [0, 0.05) is 18.6 Å². The smallest absolute Gasteiger partial charge is 0.305 e. The van der Waals surface area contributed by atoms with Crippen LogP contribution in [0.5, 0.6) is 0 Å². The van der Waals surface area contributed by atoms with Crippen LogP contribution in [-0.4, -0.2) is 29.7 Å². The Labute approximate surface area is 94.4 Å². The zero-order valence-electron chi connectivity index (χ0n) is 8.32. The molecule has 0 saturated carbocycles. The van der Waals surface area contributed by atoms with Crippen molar-refractivity contribution in [3.63, 3.8) is 0 Å². The summed E-state index contributed by atoms with van der Waals surface area (Å²) >= 11 is 5.38. The number of carbonyl (C=O) groups excluding carboxylic acids is 2. The maximum Gasteiger partial charge on any atom is 0.305 e. The van der Waals surface area contributed by atoms with E-state index in [9.17, 15) is 9.59 Å². The number of ether oxygens (including phenoxy) is 1. The van der Waals surface area contributed by atoms with E-state index < -0.39 is 0 Å². The Morgan fingerprint density at radius 3 is 2.64 bits per heavy atom. The van der Waals surface area contributed by atoms with Crippen LogP contribution in [0.15, 0.2) is 0 Å². The topological polar surface area (TPSA) is 43.4 Å². The zero-order valence-corrected chi connectivity index (χ0v) is 10.0. The molecule has 14 heavy (non-hydrogen) atoms. The molecule has 0 amide bonds. The standard InChI is InChI=1S/C5H10O2S.C4H6OS/c1-7-5(6)3-2-4-8;5-4-2-1-3-6-4/h8H,2-4H2,1H3;1-3H2. The van der Waals surface area contributed by atoms with Crippen molar-refractivity contribution >= 4 is 35.5 Å². The van der Waals surface area contributed by atoms with Crippen molar-refractivity contribution in [3.05, 3.63) is 0 Å². The van der Waals surface area contributed by atoms with E-state index in [1.807, 2.05) is 0 Å². The molecule has 1 saturated heterocycles. The lowest BCUT2D eigenvalue weighted by molar-refractivity contribution is -0.140. The number of thioether (sulfide) groups is 1. The fraction of sp³-hybridized carbons (Fsp3) is 0.778. The van der Waals surface area contributed by atoms with Crippen LogP contribution in [0.4, 0.5) is 0 Å². The van der Waals surface area contributed by atoms with E-state index in [-0.39, 0.29) is 5.97 Å². The number of hydrogen-bond donors (Lipinski definition) is 1. The average Bonchev–Trinajstić information content (AvgIpc) is 2.66. The summed E-state index contributed by atoms with van der Waals surface area (Å²) in [5.41, 5.74) is 0. The molecular formula is C9H16O3S2. The van der Waals surface area contributed by atoms with E-state index in [1.54, 1.807) is 0 Å². The summed E-state index contributed by atoms with van der Waals surface area (Å²) in [6.07, 6.45) is 3.20. The van der Waals surface area contributed by atoms with Gasteiger partial charge in [0.2, 0.25) is 0 Å². The van der Waals surface area contributed by atoms with Crippen LogP contribution in [0, 0.1) is 0 Å². The highest BCUT2D eigenvalue weighted by Gasteiger charge is 2.08. The summed E-state index contributed by atoms with van der Waals surface area (Å²) in [5.74, 6) is 1.65. The lowest BCUT2D eigenvalue weighted by atomic mass is 10.3. The molecule has 0 aromatic heterocycles. The van der Waals surface area contributed by atoms with Gasteiger partial charge in [0.1, 0.15) is 0 Å². The second-order valence-corrected chi connectivity index (χ2v) is 4.33. The molecule has 3 nitrogen and oxygen atoms in total. The van der Waals surface area contributed by atoms with Crippen LogP contribution in [0.2, 0.25) is 0 Å². The van der Waals surface area contributed by atoms with Gasteiger partial charge >= 0.3 is 5.97 Å². The number of rotatable bonds is 3. The van der Waals surface area contributed by atoms with Gasteiger partial charge < -0.3 is 4.74 Å². The van der Waals surface area contributed by atoms with Crippen molar-refractivity contribution in [3.8, 4) is 0 Å². The second kappa shape index (κ2) is 9.40. The Balaban J connectivity index is 0.000000249. The summed E-state index contributed by atoms with van der Waals surface area (Å²) < 4.78 is 4.38. The van der Waals surface area contributed by atoms with E-state index in [1.165, 1.54) is 18.9 Å². The van der Waals surface area contributed by atoms with Crippen LogP contribution in [-0.2, 0) is 14.3 Å². The number of carbonyl (C=O) groups is 2. The Bertz CT molecular complexity index is 175. The largest absolute Gasteiger partial charge is 0.469 e. The monoisotopic (exact) mass is 236 g/mol. The van der Waals surface area contributed by atoms with Crippen LogP contribution in [0.1, 0.15) is 25.7 Å². The van der Waals surface area contributed by atoms with Crippen molar-refractivity contribution in [1.29, 1.82) is 0 Å². The minimum atomic E-state index is -0.154. The molecule has 1 fully saturated rings. The lowest BCUT2D eigenvalue weighted by Gasteiger charge is -1.93. The van der Waals surface area contributed by atoms with E-state index in [0.29, 0.717) is 11.5 Å². The Kier molecular flexibility index (Phi) is 9.29. The first-order valence-corrected chi connectivity index (χ1v) is 6.15. The molecule has 0 aromatic rings. The summed E-state index contributed by atoms with van der Waals surface area (Å²) in [5, 5.41) is 0.370. The summed E-state index contributed by atoms with van der Waals surface area (Å²) in [6.45, 7) is 0. The lowest BCUT2D eigenvalue weighted by Crippen LogP contribution is -1.99. The predicted octanol–water partition coefficient (Wildman–Crippen LogP) is 1.91. The van der Waals surface area contributed by atoms with Gasteiger partial charge in [-0.05, 0) is 18.6 Å². The first-order valence-electron chi connectivity index (χ1n) is 4.54. The molecular weight excluding hydrogens is 220 g/mol. The average molecular weight is 236 g/mol. The van der Waals surface area contributed by atoms with Gasteiger partial charge in [-0.15, -0.1) is 0 Å². The summed E-state index contributed by atoms with van der Waals surface area (Å²) in [6, 6.07) is 0. The summed E-state index contributed by atoms with van der Waals surface area (Å²) in [7, 11) is 1.39. The minimum absolute atomic E-state index is 0.154. The van der Waals surface area contributed by atoms with Crippen LogP contribution < -0.4 is 0 Å². The summed E-state index contributed by atoms with van der Waals surface area (Å²) in [4.78, 5) is 20.5. The molecule has 0 N–H and O–H groups in total. The van der Waals surface area contributed by atoms with Crippen molar-refractivity contribution in [1.82, 2.24) is 0 Å². The number of methoxy groups -OCH3 is 1. The number of thiol groups is 1. The van der Waals surface area contributed by atoms with E-state index in [4.69, 9.17) is 0 Å². The van der Waals surface area contributed by atoms with Crippen molar-refractivity contribution < 1.29 is 14.3 Å². The number of esters is 1. The molecule has 0 radical (unpaired) electrons. The van der Waals surface area contributed by atoms with Gasteiger partial charge in [0.15, 0.2) is 5.12 Å². The second-order valence-electron chi connectivity index (χ2n) is 2.73. The third-order valence-corrected chi connectivity index (χ3v) is 2.89. The molecule has 0 spiro atoms. The van der Waals surface area contributed by atoms with E-state index in [2.05, 4.69) is 17.4 Å². The number of hydrogen-bond acceptors (Lipinski definition) is 5. The first-order chi connectivity index (χ1) is 6.70. The molecule has 0 bridgehead atoms. The van der Waals surface area contributed by atoms with Gasteiger partial charge in [0.05, 0.1) is 7.11 Å². The fourth-order valence-electron chi connectivity index (χ4n) is 0.800. The Morgan fingerprint density at radius 1 is 1.64 bits per heavy atom. The first kappa shape index (κ1) is 13.8. The van der Waals surface area contributed by atoms with Crippen LogP contribution >= 0.6 is 24.4 Å². The minimum Gasteiger partial charge on any atom is -0.469 e. The Hall–Kier alpha value is -0.160. The molecule has 0 aliphatic carbocycles. The SMILES string of the molecule is COC(=O)CCCS.O=C1CCCS1. The van der Waals surface area contributed by atoms with E-state index in [0.717, 1.165) is 30.8 Å². The van der Waals surface area contributed by atoms with Gasteiger partial charge in [-0.25, -0.2) is 0 Å². The highest BCUT2D eigenvalue weighted by molar-refractivity contribution is 8.14. The van der Waals surface area contributed by atoms with Gasteiger partial charge in [-0.2, -0.15) is 12.6 Å². The molecule has 0 unspecified atom stereocenters. The fourth-order valence-corrected chi connectivity index (χ4v) is 1.76. The predicted molar refractivity (Wildman–Crippen MR) is 61.8 cm³/mol. The quantitative estimate of drug-likeness (QED) is 0.600. The molecule has 0 atom stereocenters.